The van der Waals surface area contributed by atoms with Crippen LogP contribution in [0.25, 0.3) is 11.0 Å². The van der Waals surface area contributed by atoms with Crippen LogP contribution in [0.5, 0.6) is 0 Å². The quantitative estimate of drug-likeness (QED) is 0.619. The van der Waals surface area contributed by atoms with Gasteiger partial charge in [0.05, 0.1) is 6.26 Å². The standard InChI is InChI=1S/C11H12ClNO/c12-5-6-13-7-9-8-14-11-4-2-1-3-10(9)11/h1-4,8,13H,5-7H2. The fraction of sp³-hybridized carbons (Fsp3) is 0.273. The van der Waals surface area contributed by atoms with E-state index in [1.165, 1.54) is 10.9 Å². The molecule has 14 heavy (non-hydrogen) atoms. The van der Waals surface area contributed by atoms with Crippen LogP contribution in [0.4, 0.5) is 0 Å². The molecule has 0 spiro atoms. The molecule has 0 aliphatic rings. The van der Waals surface area contributed by atoms with Crippen molar-refractivity contribution in [3.63, 3.8) is 0 Å². The zero-order valence-electron chi connectivity index (χ0n) is 7.79. The van der Waals surface area contributed by atoms with Crippen molar-refractivity contribution in [1.29, 1.82) is 0 Å². The summed E-state index contributed by atoms with van der Waals surface area (Å²) in [4.78, 5) is 0. The van der Waals surface area contributed by atoms with Crippen molar-refractivity contribution in [2.24, 2.45) is 0 Å². The Hall–Kier alpha value is -0.990. The van der Waals surface area contributed by atoms with E-state index in [1.807, 2.05) is 18.2 Å². The Morgan fingerprint density at radius 3 is 3.00 bits per heavy atom. The number of furan rings is 1. The summed E-state index contributed by atoms with van der Waals surface area (Å²) in [5.74, 6) is 0.635. The Morgan fingerprint density at radius 2 is 2.14 bits per heavy atom. The van der Waals surface area contributed by atoms with Crippen molar-refractivity contribution in [3.05, 3.63) is 36.1 Å². The van der Waals surface area contributed by atoms with Gasteiger partial charge >= 0.3 is 0 Å². The lowest BCUT2D eigenvalue weighted by Crippen LogP contribution is -2.15. The molecular weight excluding hydrogens is 198 g/mol. The van der Waals surface area contributed by atoms with Crippen molar-refractivity contribution < 1.29 is 4.42 Å². The summed E-state index contributed by atoms with van der Waals surface area (Å²) >= 11 is 5.57. The van der Waals surface area contributed by atoms with E-state index in [-0.39, 0.29) is 0 Å². The van der Waals surface area contributed by atoms with Crippen LogP contribution in [0.15, 0.2) is 34.9 Å². The number of nitrogens with one attached hydrogen (secondary N) is 1. The SMILES string of the molecule is ClCCNCc1coc2ccccc12. The summed E-state index contributed by atoms with van der Waals surface area (Å²) in [6.07, 6.45) is 1.80. The van der Waals surface area contributed by atoms with Gasteiger partial charge in [0, 0.05) is 29.9 Å². The molecule has 1 heterocycles. The minimum Gasteiger partial charge on any atom is -0.464 e. The van der Waals surface area contributed by atoms with Gasteiger partial charge < -0.3 is 9.73 Å². The Bertz CT molecular complexity index is 410. The van der Waals surface area contributed by atoms with Crippen molar-refractivity contribution in [2.45, 2.75) is 6.54 Å². The Kier molecular flexibility index (Phi) is 3.07. The number of hydrogen-bond donors (Lipinski definition) is 1. The summed E-state index contributed by atoms with van der Waals surface area (Å²) in [5.41, 5.74) is 2.13. The molecule has 0 atom stereocenters. The summed E-state index contributed by atoms with van der Waals surface area (Å²) in [6, 6.07) is 8.03. The van der Waals surface area contributed by atoms with Crippen LogP contribution in [-0.2, 0) is 6.54 Å². The minimum absolute atomic E-state index is 0.635. The van der Waals surface area contributed by atoms with E-state index in [4.69, 9.17) is 16.0 Å². The molecule has 0 aliphatic heterocycles. The molecule has 2 rings (SSSR count). The molecule has 74 valence electrons. The van der Waals surface area contributed by atoms with Gasteiger partial charge in [0.2, 0.25) is 0 Å². The third kappa shape index (κ3) is 1.91. The van der Waals surface area contributed by atoms with Gasteiger partial charge in [-0.1, -0.05) is 18.2 Å². The Balaban J connectivity index is 2.17. The van der Waals surface area contributed by atoms with Gasteiger partial charge in [-0.3, -0.25) is 0 Å². The van der Waals surface area contributed by atoms with E-state index < -0.39 is 0 Å². The molecule has 0 amide bonds. The highest BCUT2D eigenvalue weighted by Crippen LogP contribution is 2.20. The molecule has 1 N–H and O–H groups in total. The van der Waals surface area contributed by atoms with E-state index in [2.05, 4.69) is 11.4 Å². The summed E-state index contributed by atoms with van der Waals surface area (Å²) in [7, 11) is 0. The maximum Gasteiger partial charge on any atom is 0.134 e. The zero-order valence-corrected chi connectivity index (χ0v) is 8.55. The van der Waals surface area contributed by atoms with E-state index in [9.17, 15) is 0 Å². The molecule has 0 saturated carbocycles. The fourth-order valence-corrected chi connectivity index (χ4v) is 1.59. The van der Waals surface area contributed by atoms with Crippen molar-refractivity contribution in [2.75, 3.05) is 12.4 Å². The largest absolute Gasteiger partial charge is 0.464 e. The highest BCUT2D eigenvalue weighted by atomic mass is 35.5. The van der Waals surface area contributed by atoms with Gasteiger partial charge in [-0.05, 0) is 6.07 Å². The first-order chi connectivity index (χ1) is 6.92. The minimum atomic E-state index is 0.635. The van der Waals surface area contributed by atoms with Crippen LogP contribution in [-0.4, -0.2) is 12.4 Å². The van der Waals surface area contributed by atoms with Gasteiger partial charge in [0.15, 0.2) is 0 Å². The molecule has 0 bridgehead atoms. The lowest BCUT2D eigenvalue weighted by Gasteiger charge is -1.99. The first kappa shape index (κ1) is 9.56. The second-order valence-corrected chi connectivity index (χ2v) is 3.50. The monoisotopic (exact) mass is 209 g/mol. The van der Waals surface area contributed by atoms with E-state index in [0.29, 0.717) is 5.88 Å². The van der Waals surface area contributed by atoms with E-state index in [1.54, 1.807) is 6.26 Å². The van der Waals surface area contributed by atoms with Crippen molar-refractivity contribution in [1.82, 2.24) is 5.32 Å². The molecule has 0 aliphatic carbocycles. The third-order valence-electron chi connectivity index (χ3n) is 2.15. The van der Waals surface area contributed by atoms with Crippen LogP contribution in [0.2, 0.25) is 0 Å². The fourth-order valence-electron chi connectivity index (χ4n) is 1.46. The molecule has 3 heteroatoms. The second kappa shape index (κ2) is 4.49. The number of rotatable bonds is 4. The van der Waals surface area contributed by atoms with Gasteiger partial charge in [-0.25, -0.2) is 0 Å². The van der Waals surface area contributed by atoms with Gasteiger partial charge in [-0.2, -0.15) is 0 Å². The third-order valence-corrected chi connectivity index (χ3v) is 2.34. The highest BCUT2D eigenvalue weighted by molar-refractivity contribution is 6.18. The van der Waals surface area contributed by atoms with Gasteiger partial charge in [-0.15, -0.1) is 11.6 Å². The molecule has 1 aromatic carbocycles. The summed E-state index contributed by atoms with van der Waals surface area (Å²) in [5, 5.41) is 4.41. The zero-order chi connectivity index (χ0) is 9.80. The van der Waals surface area contributed by atoms with Crippen LogP contribution in [0, 0.1) is 0 Å². The molecule has 0 radical (unpaired) electrons. The highest BCUT2D eigenvalue weighted by Gasteiger charge is 2.03. The maximum atomic E-state index is 5.57. The van der Waals surface area contributed by atoms with E-state index >= 15 is 0 Å². The molecule has 2 aromatic rings. The van der Waals surface area contributed by atoms with Gasteiger partial charge in [0.1, 0.15) is 5.58 Å². The summed E-state index contributed by atoms with van der Waals surface area (Å²) in [6.45, 7) is 1.63. The molecule has 0 saturated heterocycles. The molecule has 1 aromatic heterocycles. The van der Waals surface area contributed by atoms with Crippen LogP contribution < -0.4 is 5.32 Å². The molecule has 2 nitrogen and oxygen atoms in total. The number of para-hydroxylation sites is 1. The predicted octanol–water partition coefficient (Wildman–Crippen LogP) is 2.76. The number of benzene rings is 1. The van der Waals surface area contributed by atoms with Crippen LogP contribution >= 0.6 is 11.6 Å². The second-order valence-electron chi connectivity index (χ2n) is 3.12. The normalized spacial score (nSPS) is 10.9. The smallest absolute Gasteiger partial charge is 0.134 e. The first-order valence-corrected chi connectivity index (χ1v) is 5.17. The van der Waals surface area contributed by atoms with Gasteiger partial charge in [0.25, 0.3) is 0 Å². The predicted molar refractivity (Wildman–Crippen MR) is 58.6 cm³/mol. The number of alkyl halides is 1. The lowest BCUT2D eigenvalue weighted by atomic mass is 10.2. The Labute approximate surface area is 87.9 Å². The topological polar surface area (TPSA) is 25.2 Å². The lowest BCUT2D eigenvalue weighted by molar-refractivity contribution is 0.604. The molecule has 0 unspecified atom stereocenters. The average molecular weight is 210 g/mol. The summed E-state index contributed by atoms with van der Waals surface area (Å²) < 4.78 is 5.41. The Morgan fingerprint density at radius 1 is 1.29 bits per heavy atom. The number of halogens is 1. The van der Waals surface area contributed by atoms with Crippen molar-refractivity contribution in [3.8, 4) is 0 Å². The number of hydrogen-bond acceptors (Lipinski definition) is 2. The van der Waals surface area contributed by atoms with E-state index in [0.717, 1.165) is 18.7 Å². The van der Waals surface area contributed by atoms with Crippen molar-refractivity contribution >= 4 is 22.6 Å². The van der Waals surface area contributed by atoms with Crippen LogP contribution in [0.1, 0.15) is 5.56 Å². The molecule has 0 fully saturated rings. The average Bonchev–Trinajstić information content (AvgIpc) is 2.63. The van der Waals surface area contributed by atoms with Crippen LogP contribution in [0.3, 0.4) is 0 Å². The number of fused-ring (bicyclic) bond motifs is 1. The first-order valence-electron chi connectivity index (χ1n) is 4.63. The maximum absolute atomic E-state index is 5.57. The molecular formula is C11H12ClNO.